The summed E-state index contributed by atoms with van der Waals surface area (Å²) in [5.41, 5.74) is 1.61. The highest BCUT2D eigenvalue weighted by Gasteiger charge is 2.25. The van der Waals surface area contributed by atoms with Crippen LogP contribution in [0.4, 0.5) is 0 Å². The van der Waals surface area contributed by atoms with Gasteiger partial charge in [-0.05, 0) is 31.5 Å². The van der Waals surface area contributed by atoms with Crippen LogP contribution in [-0.2, 0) is 16.1 Å². The van der Waals surface area contributed by atoms with E-state index in [4.69, 9.17) is 14.2 Å². The number of hydrogen-bond acceptors (Lipinski definition) is 10. The van der Waals surface area contributed by atoms with Crippen molar-refractivity contribution in [3.05, 3.63) is 34.3 Å². The number of carbonyl (C=O) groups is 1. The predicted octanol–water partition coefficient (Wildman–Crippen LogP) is 3.73. The fourth-order valence-electron chi connectivity index (χ4n) is 3.14. The fraction of sp³-hybridized carbons (Fsp3) is 0.409. The van der Waals surface area contributed by atoms with Crippen LogP contribution >= 0.6 is 23.1 Å². The van der Waals surface area contributed by atoms with Gasteiger partial charge in [-0.25, -0.2) is 4.98 Å². The molecule has 0 saturated heterocycles. The predicted molar refractivity (Wildman–Crippen MR) is 126 cm³/mol. The Morgan fingerprint density at radius 2 is 2.03 bits per heavy atom. The van der Waals surface area contributed by atoms with Crippen molar-refractivity contribution in [3.8, 4) is 29.0 Å². The molecule has 0 aliphatic heterocycles. The minimum Gasteiger partial charge on any atom is -0.493 e. The standard InChI is InChI=1S/C22H25N5O4S2/c1-14-12-32-21(24-14)16(11-23)17(28)13-33-22-26-25-20(27(22)8-5-9-29-2)15-6-7-18(30-3)19(10-15)31-4/h6-7,10,12,16H,5,8-9,13H2,1-4H3/t16-/m1/s1. The number of Topliss-reactive ketones (excluding diaryl/α,β-unsaturated/α-hetero) is 1. The summed E-state index contributed by atoms with van der Waals surface area (Å²) in [6, 6.07) is 7.61. The van der Waals surface area contributed by atoms with Crippen molar-refractivity contribution in [3.63, 3.8) is 0 Å². The van der Waals surface area contributed by atoms with Gasteiger partial charge in [-0.15, -0.1) is 21.5 Å². The van der Waals surface area contributed by atoms with Crippen LogP contribution in [0.15, 0.2) is 28.7 Å². The Kier molecular flexibility index (Phi) is 8.82. The van der Waals surface area contributed by atoms with Crippen molar-refractivity contribution in [2.45, 2.75) is 31.0 Å². The maximum Gasteiger partial charge on any atom is 0.191 e. The quantitative estimate of drug-likeness (QED) is 0.278. The lowest BCUT2D eigenvalue weighted by molar-refractivity contribution is -0.116. The molecule has 3 aromatic rings. The van der Waals surface area contributed by atoms with E-state index in [1.165, 1.54) is 23.1 Å². The van der Waals surface area contributed by atoms with Gasteiger partial charge in [-0.3, -0.25) is 4.79 Å². The van der Waals surface area contributed by atoms with Gasteiger partial charge in [-0.2, -0.15) is 5.26 Å². The molecule has 2 aromatic heterocycles. The molecule has 0 saturated carbocycles. The van der Waals surface area contributed by atoms with Crippen LogP contribution in [0.5, 0.6) is 11.5 Å². The van der Waals surface area contributed by atoms with Gasteiger partial charge >= 0.3 is 0 Å². The van der Waals surface area contributed by atoms with Crippen LogP contribution in [0.25, 0.3) is 11.4 Å². The van der Waals surface area contributed by atoms with Crippen LogP contribution < -0.4 is 9.47 Å². The molecule has 3 rings (SSSR count). The second-order valence-corrected chi connectivity index (χ2v) is 8.85. The van der Waals surface area contributed by atoms with Gasteiger partial charge in [0.05, 0.1) is 26.0 Å². The smallest absolute Gasteiger partial charge is 0.191 e. The SMILES string of the molecule is COCCCn1c(SCC(=O)[C@@H](C#N)c2nc(C)cs2)nnc1-c1ccc(OC)c(OC)c1. The number of hydrogen-bond donors (Lipinski definition) is 0. The number of thiazole rings is 1. The first-order valence-electron chi connectivity index (χ1n) is 10.1. The van der Waals surface area contributed by atoms with Crippen molar-refractivity contribution in [1.29, 1.82) is 5.26 Å². The summed E-state index contributed by atoms with van der Waals surface area (Å²) in [4.78, 5) is 17.1. The number of nitrogens with zero attached hydrogens (tertiary/aromatic N) is 5. The zero-order valence-corrected chi connectivity index (χ0v) is 20.5. The third-order valence-electron chi connectivity index (χ3n) is 4.77. The third-order valence-corrected chi connectivity index (χ3v) is 6.78. The van der Waals surface area contributed by atoms with E-state index in [2.05, 4.69) is 21.3 Å². The molecule has 1 aromatic carbocycles. The highest BCUT2D eigenvalue weighted by molar-refractivity contribution is 7.99. The summed E-state index contributed by atoms with van der Waals surface area (Å²) in [5, 5.41) is 21.2. The molecular formula is C22H25N5O4S2. The Balaban J connectivity index is 1.84. The molecule has 0 unspecified atom stereocenters. The number of benzene rings is 1. The van der Waals surface area contributed by atoms with Crippen LogP contribution in [0.1, 0.15) is 23.0 Å². The Labute approximate surface area is 200 Å². The van der Waals surface area contributed by atoms with E-state index >= 15 is 0 Å². The maximum absolute atomic E-state index is 12.8. The van der Waals surface area contributed by atoms with Crippen molar-refractivity contribution < 1.29 is 19.0 Å². The Hall–Kier alpha value is -2.94. The molecule has 0 bridgehead atoms. The molecule has 2 heterocycles. The van der Waals surface area contributed by atoms with Crippen LogP contribution in [0.3, 0.4) is 0 Å². The van der Waals surface area contributed by atoms with Gasteiger partial charge in [0, 0.05) is 36.9 Å². The van der Waals surface area contributed by atoms with E-state index in [-0.39, 0.29) is 11.5 Å². The van der Waals surface area contributed by atoms with E-state index in [0.717, 1.165) is 17.7 Å². The Morgan fingerprint density at radius 3 is 2.67 bits per heavy atom. The average Bonchev–Trinajstić information content (AvgIpc) is 3.44. The number of ether oxygens (including phenoxy) is 3. The lowest BCUT2D eigenvalue weighted by atomic mass is 10.1. The summed E-state index contributed by atoms with van der Waals surface area (Å²) in [6.45, 7) is 3.02. The highest BCUT2D eigenvalue weighted by Crippen LogP contribution is 2.33. The summed E-state index contributed by atoms with van der Waals surface area (Å²) in [5.74, 6) is 0.843. The first kappa shape index (κ1) is 24.7. The Morgan fingerprint density at radius 1 is 1.24 bits per heavy atom. The molecule has 0 aliphatic rings. The fourth-order valence-corrected chi connectivity index (χ4v) is 4.87. The van der Waals surface area contributed by atoms with Gasteiger partial charge in [0.15, 0.2) is 34.2 Å². The molecule has 0 fully saturated rings. The van der Waals surface area contributed by atoms with Crippen molar-refractivity contribution in [2.24, 2.45) is 0 Å². The first-order chi connectivity index (χ1) is 16.0. The molecule has 0 aliphatic carbocycles. The van der Waals surface area contributed by atoms with Crippen LogP contribution in [0.2, 0.25) is 0 Å². The minimum absolute atomic E-state index is 0.0885. The zero-order valence-electron chi connectivity index (χ0n) is 18.9. The first-order valence-corrected chi connectivity index (χ1v) is 12.0. The number of aromatic nitrogens is 4. The summed E-state index contributed by atoms with van der Waals surface area (Å²) in [6.07, 6.45) is 0.746. The largest absolute Gasteiger partial charge is 0.493 e. The molecule has 0 amide bonds. The average molecular weight is 488 g/mol. The highest BCUT2D eigenvalue weighted by atomic mass is 32.2. The topological polar surface area (TPSA) is 112 Å². The van der Waals surface area contributed by atoms with Crippen molar-refractivity contribution >= 4 is 28.9 Å². The second kappa shape index (κ2) is 11.8. The summed E-state index contributed by atoms with van der Waals surface area (Å²) in [7, 11) is 4.81. The number of carbonyl (C=O) groups excluding carboxylic acids is 1. The van der Waals surface area contributed by atoms with Gasteiger partial charge in [0.25, 0.3) is 0 Å². The molecule has 0 spiro atoms. The number of nitriles is 1. The minimum atomic E-state index is -0.883. The molecular weight excluding hydrogens is 462 g/mol. The van der Waals surface area contributed by atoms with Crippen molar-refractivity contribution in [2.75, 3.05) is 33.7 Å². The van der Waals surface area contributed by atoms with E-state index in [0.29, 0.717) is 40.6 Å². The molecule has 174 valence electrons. The lowest BCUT2D eigenvalue weighted by Crippen LogP contribution is -2.14. The van der Waals surface area contributed by atoms with Gasteiger partial charge in [0.1, 0.15) is 5.01 Å². The van der Waals surface area contributed by atoms with E-state index < -0.39 is 5.92 Å². The number of ketones is 1. The molecule has 11 heteroatoms. The van der Waals surface area contributed by atoms with Gasteiger partial charge < -0.3 is 18.8 Å². The summed E-state index contributed by atoms with van der Waals surface area (Å²) < 4.78 is 17.9. The maximum atomic E-state index is 12.8. The number of thioether (sulfide) groups is 1. The number of methoxy groups -OCH3 is 3. The molecule has 0 radical (unpaired) electrons. The zero-order chi connectivity index (χ0) is 23.8. The van der Waals surface area contributed by atoms with Gasteiger partial charge in [-0.1, -0.05) is 11.8 Å². The summed E-state index contributed by atoms with van der Waals surface area (Å²) >= 11 is 2.58. The van der Waals surface area contributed by atoms with E-state index in [1.807, 2.05) is 35.1 Å². The van der Waals surface area contributed by atoms with Gasteiger partial charge in [0.2, 0.25) is 0 Å². The normalized spacial score (nSPS) is 11.7. The van der Waals surface area contributed by atoms with Crippen LogP contribution in [0, 0.1) is 18.3 Å². The Bertz CT molecular complexity index is 1140. The molecule has 9 nitrogen and oxygen atoms in total. The van der Waals surface area contributed by atoms with E-state index in [9.17, 15) is 10.1 Å². The third kappa shape index (κ3) is 5.90. The van der Waals surface area contributed by atoms with Crippen LogP contribution in [-0.4, -0.2) is 59.2 Å². The van der Waals surface area contributed by atoms with E-state index in [1.54, 1.807) is 21.3 Å². The van der Waals surface area contributed by atoms with Crippen molar-refractivity contribution in [1.82, 2.24) is 19.7 Å². The number of aryl methyl sites for hydroxylation is 1. The second-order valence-electron chi connectivity index (χ2n) is 7.02. The number of rotatable bonds is 12. The lowest BCUT2D eigenvalue weighted by Gasteiger charge is -2.12. The molecule has 1 atom stereocenters. The monoisotopic (exact) mass is 487 g/mol. The molecule has 0 N–H and O–H groups in total. The molecule has 33 heavy (non-hydrogen) atoms.